The molecule has 0 saturated heterocycles. The Morgan fingerprint density at radius 3 is 2.52 bits per heavy atom. The van der Waals surface area contributed by atoms with E-state index < -0.39 is 0 Å². The largest absolute Gasteiger partial charge is 0.356 e. The second-order valence-corrected chi connectivity index (χ2v) is 5.36. The zero-order valence-electron chi connectivity index (χ0n) is 14.6. The molecule has 0 spiro atoms. The van der Waals surface area contributed by atoms with Crippen LogP contribution in [-0.2, 0) is 11.3 Å². The highest BCUT2D eigenvalue weighted by Crippen LogP contribution is 2.09. The number of aryl methyl sites for hydroxylation is 1. The van der Waals surface area contributed by atoms with Crippen molar-refractivity contribution in [2.75, 3.05) is 27.2 Å². The van der Waals surface area contributed by atoms with E-state index in [-0.39, 0.29) is 29.9 Å². The Kier molecular flexibility index (Phi) is 11.5. The van der Waals surface area contributed by atoms with Crippen LogP contribution in [0, 0.1) is 6.92 Å². The normalized spacial score (nSPS) is 10.7. The Morgan fingerprint density at radius 1 is 1.22 bits per heavy atom. The van der Waals surface area contributed by atoms with Crippen LogP contribution in [0.3, 0.4) is 0 Å². The maximum atomic E-state index is 11.6. The second kappa shape index (κ2) is 12.2. The molecule has 0 aliphatic carbocycles. The van der Waals surface area contributed by atoms with E-state index in [0.29, 0.717) is 13.0 Å². The summed E-state index contributed by atoms with van der Waals surface area (Å²) in [5, 5.41) is 6.10. The van der Waals surface area contributed by atoms with Crippen LogP contribution < -0.4 is 10.6 Å². The van der Waals surface area contributed by atoms with Crippen LogP contribution in [-0.4, -0.2) is 44.0 Å². The number of amides is 1. The molecule has 0 bridgehead atoms. The van der Waals surface area contributed by atoms with Crippen LogP contribution in [0.25, 0.3) is 0 Å². The quantitative estimate of drug-likeness (QED) is 0.396. The van der Waals surface area contributed by atoms with Gasteiger partial charge in [0.1, 0.15) is 0 Å². The van der Waals surface area contributed by atoms with Crippen molar-refractivity contribution in [3.8, 4) is 0 Å². The predicted molar refractivity (Wildman–Crippen MR) is 107 cm³/mol. The first-order valence-corrected chi connectivity index (χ1v) is 7.81. The van der Waals surface area contributed by atoms with Gasteiger partial charge in [0.25, 0.3) is 0 Å². The van der Waals surface area contributed by atoms with Crippen molar-refractivity contribution < 1.29 is 4.79 Å². The van der Waals surface area contributed by atoms with Gasteiger partial charge in [0.2, 0.25) is 5.91 Å². The van der Waals surface area contributed by atoms with Crippen molar-refractivity contribution in [2.45, 2.75) is 33.2 Å². The van der Waals surface area contributed by atoms with Crippen molar-refractivity contribution in [2.24, 2.45) is 4.99 Å². The first kappa shape index (κ1) is 21.7. The minimum Gasteiger partial charge on any atom is -0.356 e. The number of aliphatic imine (C=N–C) groups is 1. The Balaban J connectivity index is 0.00000484. The lowest BCUT2D eigenvalue weighted by atomic mass is 10.1. The first-order chi connectivity index (χ1) is 10.6. The highest BCUT2D eigenvalue weighted by molar-refractivity contribution is 14.0. The molecule has 0 aliphatic heterocycles. The smallest absolute Gasteiger partial charge is 0.221 e. The molecule has 0 fully saturated rings. The van der Waals surface area contributed by atoms with Gasteiger partial charge < -0.3 is 15.5 Å². The molecule has 23 heavy (non-hydrogen) atoms. The maximum Gasteiger partial charge on any atom is 0.221 e. The third kappa shape index (κ3) is 8.20. The van der Waals surface area contributed by atoms with Gasteiger partial charge in [0, 0.05) is 40.2 Å². The van der Waals surface area contributed by atoms with E-state index in [0.717, 1.165) is 25.5 Å². The van der Waals surface area contributed by atoms with E-state index in [1.807, 2.05) is 26.1 Å². The molecule has 1 amide bonds. The van der Waals surface area contributed by atoms with Gasteiger partial charge in [-0.1, -0.05) is 31.2 Å². The fraction of sp³-hybridized carbons (Fsp3) is 0.529. The molecule has 0 heterocycles. The molecule has 0 saturated carbocycles. The molecular formula is C17H29IN4O. The molecule has 0 aromatic heterocycles. The van der Waals surface area contributed by atoms with Gasteiger partial charge in [-0.25, -0.2) is 0 Å². The van der Waals surface area contributed by atoms with E-state index in [4.69, 9.17) is 0 Å². The van der Waals surface area contributed by atoms with Gasteiger partial charge in [-0.3, -0.25) is 9.79 Å². The van der Waals surface area contributed by atoms with E-state index in [2.05, 4.69) is 39.6 Å². The summed E-state index contributed by atoms with van der Waals surface area (Å²) >= 11 is 0. The Labute approximate surface area is 157 Å². The van der Waals surface area contributed by atoms with Crippen molar-refractivity contribution in [3.05, 3.63) is 35.4 Å². The minimum atomic E-state index is 0. The molecule has 0 aliphatic rings. The lowest BCUT2D eigenvalue weighted by Crippen LogP contribution is -2.40. The molecule has 6 heteroatoms. The molecule has 1 aromatic rings. The van der Waals surface area contributed by atoms with Gasteiger partial charge in [0.15, 0.2) is 5.96 Å². The van der Waals surface area contributed by atoms with Crippen LogP contribution in [0.5, 0.6) is 0 Å². The molecular weight excluding hydrogens is 403 g/mol. The highest BCUT2D eigenvalue weighted by atomic mass is 127. The van der Waals surface area contributed by atoms with Crippen molar-refractivity contribution >= 4 is 35.8 Å². The van der Waals surface area contributed by atoms with Gasteiger partial charge in [-0.2, -0.15) is 0 Å². The molecule has 1 rings (SSSR count). The van der Waals surface area contributed by atoms with Crippen molar-refractivity contribution in [1.29, 1.82) is 0 Å². The number of hydrogen-bond acceptors (Lipinski definition) is 2. The molecule has 0 atom stereocenters. The van der Waals surface area contributed by atoms with Gasteiger partial charge in [-0.15, -0.1) is 24.0 Å². The summed E-state index contributed by atoms with van der Waals surface area (Å²) in [6, 6.07) is 8.32. The SMILES string of the molecule is CCCNC(=O)CCNC(=NC)N(C)Cc1ccccc1C.I. The lowest BCUT2D eigenvalue weighted by Gasteiger charge is -2.23. The van der Waals surface area contributed by atoms with Gasteiger partial charge >= 0.3 is 0 Å². The average molecular weight is 432 g/mol. The minimum absolute atomic E-state index is 0. The predicted octanol–water partition coefficient (Wildman–Crippen LogP) is 2.54. The summed E-state index contributed by atoms with van der Waals surface area (Å²) in [6.45, 7) is 6.26. The third-order valence-electron chi connectivity index (χ3n) is 3.45. The summed E-state index contributed by atoms with van der Waals surface area (Å²) in [6.07, 6.45) is 1.41. The van der Waals surface area contributed by atoms with E-state index >= 15 is 0 Å². The highest BCUT2D eigenvalue weighted by Gasteiger charge is 2.08. The van der Waals surface area contributed by atoms with Crippen molar-refractivity contribution in [1.82, 2.24) is 15.5 Å². The number of hydrogen-bond donors (Lipinski definition) is 2. The fourth-order valence-electron chi connectivity index (χ4n) is 2.14. The summed E-state index contributed by atoms with van der Waals surface area (Å²) in [7, 11) is 3.76. The zero-order chi connectivity index (χ0) is 16.4. The molecule has 0 radical (unpaired) electrons. The van der Waals surface area contributed by atoms with Crippen LogP contribution in [0.1, 0.15) is 30.9 Å². The Morgan fingerprint density at radius 2 is 1.91 bits per heavy atom. The average Bonchev–Trinajstić information content (AvgIpc) is 2.51. The van der Waals surface area contributed by atoms with Gasteiger partial charge in [-0.05, 0) is 24.5 Å². The van der Waals surface area contributed by atoms with Gasteiger partial charge in [0.05, 0.1) is 0 Å². The molecule has 5 nitrogen and oxygen atoms in total. The van der Waals surface area contributed by atoms with E-state index in [1.54, 1.807) is 7.05 Å². The fourth-order valence-corrected chi connectivity index (χ4v) is 2.14. The molecule has 130 valence electrons. The zero-order valence-corrected chi connectivity index (χ0v) is 16.9. The summed E-state index contributed by atoms with van der Waals surface area (Å²) < 4.78 is 0. The van der Waals surface area contributed by atoms with Crippen LogP contribution in [0.15, 0.2) is 29.3 Å². The topological polar surface area (TPSA) is 56.7 Å². The second-order valence-electron chi connectivity index (χ2n) is 5.36. The molecule has 1 aromatic carbocycles. The first-order valence-electron chi connectivity index (χ1n) is 7.81. The summed E-state index contributed by atoms with van der Waals surface area (Å²) in [5.74, 6) is 0.873. The monoisotopic (exact) mass is 432 g/mol. The molecule has 0 unspecified atom stereocenters. The number of guanidine groups is 1. The standard InChI is InChI=1S/C17H28N4O.HI/c1-5-11-19-16(22)10-12-20-17(18-3)21(4)13-15-9-7-6-8-14(15)2;/h6-9H,5,10-13H2,1-4H3,(H,18,20)(H,19,22);1H. The third-order valence-corrected chi connectivity index (χ3v) is 3.45. The summed E-state index contributed by atoms with van der Waals surface area (Å²) in [4.78, 5) is 17.9. The van der Waals surface area contributed by atoms with E-state index in [1.165, 1.54) is 11.1 Å². The van der Waals surface area contributed by atoms with Crippen LogP contribution >= 0.6 is 24.0 Å². The van der Waals surface area contributed by atoms with Crippen LogP contribution in [0.2, 0.25) is 0 Å². The Hall–Kier alpha value is -1.31. The number of halogens is 1. The number of carbonyl (C=O) groups excluding carboxylic acids is 1. The summed E-state index contributed by atoms with van der Waals surface area (Å²) in [5.41, 5.74) is 2.54. The number of nitrogens with zero attached hydrogens (tertiary/aromatic N) is 2. The van der Waals surface area contributed by atoms with Crippen molar-refractivity contribution in [3.63, 3.8) is 0 Å². The Bertz CT molecular complexity index is 505. The van der Waals surface area contributed by atoms with Crippen LogP contribution in [0.4, 0.5) is 0 Å². The number of benzene rings is 1. The molecule has 2 N–H and O–H groups in total. The maximum absolute atomic E-state index is 11.6. The lowest BCUT2D eigenvalue weighted by molar-refractivity contribution is -0.120. The van der Waals surface area contributed by atoms with E-state index in [9.17, 15) is 4.79 Å². The number of rotatable bonds is 7. The number of nitrogens with one attached hydrogen (secondary N) is 2. The number of carbonyl (C=O) groups is 1.